The molecule has 220 valence electrons. The minimum absolute atomic E-state index is 0.0212. The number of amides is 2. The summed E-state index contributed by atoms with van der Waals surface area (Å²) in [5.41, 5.74) is 2.31. The number of rotatable bonds is 8. The number of carbonyl (C=O) groups is 2. The van der Waals surface area contributed by atoms with E-state index in [0.29, 0.717) is 54.9 Å². The molecule has 0 radical (unpaired) electrons. The zero-order valence-corrected chi connectivity index (χ0v) is 25.0. The Morgan fingerprint density at radius 3 is 2.69 bits per heavy atom. The second-order valence-electron chi connectivity index (χ2n) is 11.8. The average Bonchev–Trinajstić information content (AvgIpc) is 3.62. The molecule has 3 aromatic rings. The van der Waals surface area contributed by atoms with Crippen molar-refractivity contribution in [1.29, 1.82) is 0 Å². The highest BCUT2D eigenvalue weighted by Gasteiger charge is 2.65. The lowest BCUT2D eigenvalue weighted by Gasteiger charge is -2.31. The SMILES string of the molecule is C[C@H]1[C@H]([Si](C)(C)F)[C@@H](CCn2cc(CCO)nn2)O[C@]12C(=O)Nc1ccc(N3N=C(c4ccccc4)CCC3=O)cc12. The molecule has 4 atom stereocenters. The van der Waals surface area contributed by atoms with E-state index < -0.39 is 31.6 Å². The van der Waals surface area contributed by atoms with Crippen molar-refractivity contribution in [1.82, 2.24) is 15.0 Å². The van der Waals surface area contributed by atoms with Gasteiger partial charge < -0.3 is 19.3 Å². The summed E-state index contributed by atoms with van der Waals surface area (Å²) in [4.78, 5) is 26.8. The predicted octanol–water partition coefficient (Wildman–Crippen LogP) is 4.16. The monoisotopic (exact) mass is 590 g/mol. The number of fused-ring (bicyclic) bond motifs is 2. The van der Waals surface area contributed by atoms with E-state index in [2.05, 4.69) is 15.6 Å². The summed E-state index contributed by atoms with van der Waals surface area (Å²) in [6, 6.07) is 15.1. The van der Waals surface area contributed by atoms with Crippen LogP contribution >= 0.6 is 0 Å². The summed E-state index contributed by atoms with van der Waals surface area (Å²) < 4.78 is 24.3. The standard InChI is InChI=1S/C30H35FN6O4Si/c1-19-28(42(2,3)31)26(13-15-36-18-21(14-16-38)33-35-36)41-30(19)23-17-22(9-10-25(23)32-29(30)40)37-27(39)12-11-24(34-37)20-7-5-4-6-8-20/h4-10,17-19,26,28,38H,11-16H2,1-3H3,(H,32,40)/t19-,26+,28-,30+/m0/s1. The van der Waals surface area contributed by atoms with E-state index in [9.17, 15) is 14.7 Å². The van der Waals surface area contributed by atoms with E-state index in [1.54, 1.807) is 42.2 Å². The van der Waals surface area contributed by atoms with E-state index in [4.69, 9.17) is 9.84 Å². The lowest BCUT2D eigenvalue weighted by atomic mass is 9.82. The number of aromatic nitrogens is 3. The number of anilines is 2. The molecule has 0 aliphatic carbocycles. The van der Waals surface area contributed by atoms with E-state index in [-0.39, 0.29) is 18.4 Å². The van der Waals surface area contributed by atoms with Crippen molar-refractivity contribution in [2.45, 2.75) is 69.5 Å². The third kappa shape index (κ3) is 4.86. The first-order valence-electron chi connectivity index (χ1n) is 14.4. The van der Waals surface area contributed by atoms with Crippen LogP contribution in [0.2, 0.25) is 18.6 Å². The molecular formula is C30H35FN6O4Si. The molecule has 0 unspecified atom stereocenters. The van der Waals surface area contributed by atoms with Crippen LogP contribution in [0.3, 0.4) is 0 Å². The predicted molar refractivity (Wildman–Crippen MR) is 158 cm³/mol. The summed E-state index contributed by atoms with van der Waals surface area (Å²) in [6.07, 6.45) is 2.94. The minimum Gasteiger partial charge on any atom is -0.396 e. The van der Waals surface area contributed by atoms with Crippen LogP contribution < -0.4 is 10.3 Å². The summed E-state index contributed by atoms with van der Waals surface area (Å²) in [6.45, 7) is 5.63. The molecule has 1 spiro atoms. The minimum atomic E-state index is -3.31. The lowest BCUT2D eigenvalue weighted by molar-refractivity contribution is -0.143. The summed E-state index contributed by atoms with van der Waals surface area (Å²) in [7, 11) is -3.31. The first-order valence-corrected chi connectivity index (χ1v) is 17.4. The number of hydrogen-bond donors (Lipinski definition) is 2. The number of nitrogens with zero attached hydrogens (tertiary/aromatic N) is 5. The zero-order chi connectivity index (χ0) is 29.6. The number of aliphatic hydroxyl groups is 1. The van der Waals surface area contributed by atoms with Crippen molar-refractivity contribution in [2.24, 2.45) is 11.0 Å². The number of hydrogen-bond acceptors (Lipinski definition) is 7. The maximum absolute atomic E-state index is 16.0. The number of aryl methyl sites for hydroxylation is 1. The topological polar surface area (TPSA) is 122 Å². The molecule has 12 heteroatoms. The van der Waals surface area contributed by atoms with Gasteiger partial charge in [0, 0.05) is 61.3 Å². The lowest BCUT2D eigenvalue weighted by Crippen LogP contribution is -2.42. The number of benzene rings is 2. The Morgan fingerprint density at radius 1 is 1.17 bits per heavy atom. The summed E-state index contributed by atoms with van der Waals surface area (Å²) >= 11 is 0. The van der Waals surface area contributed by atoms with Crippen molar-refractivity contribution in [3.05, 3.63) is 71.5 Å². The van der Waals surface area contributed by atoms with Crippen molar-refractivity contribution in [3.63, 3.8) is 0 Å². The van der Waals surface area contributed by atoms with Gasteiger partial charge in [-0.3, -0.25) is 14.3 Å². The van der Waals surface area contributed by atoms with Gasteiger partial charge in [0.25, 0.3) is 5.91 Å². The second kappa shape index (κ2) is 10.8. The van der Waals surface area contributed by atoms with Gasteiger partial charge in [0.05, 0.1) is 23.2 Å². The number of halogens is 1. The molecule has 6 rings (SSSR count). The molecule has 3 aliphatic rings. The molecule has 10 nitrogen and oxygen atoms in total. The number of nitrogens with one attached hydrogen (secondary N) is 1. The molecule has 2 aromatic carbocycles. The molecule has 4 heterocycles. The molecule has 1 aromatic heterocycles. The quantitative estimate of drug-likeness (QED) is 0.300. The van der Waals surface area contributed by atoms with Crippen LogP contribution in [0.25, 0.3) is 0 Å². The third-order valence-electron chi connectivity index (χ3n) is 8.68. The van der Waals surface area contributed by atoms with Gasteiger partial charge in [-0.2, -0.15) is 5.10 Å². The molecule has 0 saturated carbocycles. The fourth-order valence-electron chi connectivity index (χ4n) is 6.78. The van der Waals surface area contributed by atoms with Gasteiger partial charge in [-0.25, -0.2) is 5.01 Å². The second-order valence-corrected chi connectivity index (χ2v) is 15.6. The Labute approximate surface area is 244 Å². The summed E-state index contributed by atoms with van der Waals surface area (Å²) in [5.74, 6) is -0.910. The number of hydrazone groups is 1. The maximum atomic E-state index is 16.0. The molecule has 1 saturated heterocycles. The van der Waals surface area contributed by atoms with Crippen LogP contribution in [0.1, 0.15) is 43.0 Å². The highest BCUT2D eigenvalue weighted by molar-refractivity contribution is 6.72. The van der Waals surface area contributed by atoms with Crippen molar-refractivity contribution in [3.8, 4) is 0 Å². The molecule has 2 N–H and O–H groups in total. The van der Waals surface area contributed by atoms with Gasteiger partial charge in [0.2, 0.25) is 14.3 Å². The molecule has 1 fully saturated rings. The third-order valence-corrected chi connectivity index (χ3v) is 11.1. The normalized spacial score (nSPS) is 25.6. The highest BCUT2D eigenvalue weighted by Crippen LogP contribution is 2.59. The van der Waals surface area contributed by atoms with Crippen LogP contribution in [0.5, 0.6) is 0 Å². The first kappa shape index (κ1) is 28.4. The molecule has 42 heavy (non-hydrogen) atoms. The fourth-order valence-corrected chi connectivity index (χ4v) is 9.33. The van der Waals surface area contributed by atoms with Crippen LogP contribution in [-0.4, -0.2) is 58.7 Å². The number of ether oxygens (including phenoxy) is 1. The number of aliphatic hydroxyl groups excluding tert-OH is 1. The zero-order valence-electron chi connectivity index (χ0n) is 24.0. The van der Waals surface area contributed by atoms with E-state index in [0.717, 1.165) is 11.3 Å². The Balaban J connectivity index is 1.34. The van der Waals surface area contributed by atoms with Gasteiger partial charge in [-0.05, 0) is 43.3 Å². The van der Waals surface area contributed by atoms with Crippen LogP contribution in [-0.2, 0) is 32.9 Å². The largest absolute Gasteiger partial charge is 0.396 e. The van der Waals surface area contributed by atoms with Crippen molar-refractivity contribution in [2.75, 3.05) is 16.9 Å². The average molecular weight is 591 g/mol. The van der Waals surface area contributed by atoms with E-state index in [1.165, 1.54) is 5.01 Å². The van der Waals surface area contributed by atoms with E-state index in [1.807, 2.05) is 37.3 Å². The maximum Gasteiger partial charge on any atom is 0.261 e. The molecular weight excluding hydrogens is 555 g/mol. The Kier molecular flexibility index (Phi) is 7.32. The van der Waals surface area contributed by atoms with E-state index >= 15 is 4.11 Å². The first-order chi connectivity index (χ1) is 20.1. The fraction of sp³-hybridized carbons (Fsp3) is 0.433. The smallest absolute Gasteiger partial charge is 0.261 e. The Morgan fingerprint density at radius 2 is 1.95 bits per heavy atom. The Bertz CT molecular complexity index is 1540. The van der Waals surface area contributed by atoms with Gasteiger partial charge in [-0.1, -0.05) is 42.5 Å². The molecule has 3 aliphatic heterocycles. The van der Waals surface area contributed by atoms with Gasteiger partial charge in [0.1, 0.15) is 0 Å². The van der Waals surface area contributed by atoms with Crippen LogP contribution in [0.4, 0.5) is 15.5 Å². The van der Waals surface area contributed by atoms with Crippen LogP contribution in [0, 0.1) is 5.92 Å². The van der Waals surface area contributed by atoms with Crippen molar-refractivity contribution >= 4 is 37.3 Å². The Hall–Kier alpha value is -3.74. The number of carbonyl (C=O) groups excluding carboxylic acids is 2. The van der Waals surface area contributed by atoms with Gasteiger partial charge in [0.15, 0.2) is 5.60 Å². The summed E-state index contributed by atoms with van der Waals surface area (Å²) in [5, 5.41) is 26.4. The highest BCUT2D eigenvalue weighted by atomic mass is 28.4. The van der Waals surface area contributed by atoms with Gasteiger partial charge in [-0.15, -0.1) is 5.10 Å². The molecule has 0 bridgehead atoms. The van der Waals surface area contributed by atoms with Crippen LogP contribution in [0.15, 0.2) is 59.8 Å². The van der Waals surface area contributed by atoms with Gasteiger partial charge >= 0.3 is 0 Å². The molecule has 2 amide bonds. The van der Waals surface area contributed by atoms with Crippen molar-refractivity contribution < 1.29 is 23.5 Å².